The van der Waals surface area contributed by atoms with Gasteiger partial charge in [-0.1, -0.05) is 0 Å². The van der Waals surface area contributed by atoms with Gasteiger partial charge in [-0.3, -0.25) is 0 Å². The number of rotatable bonds is 4. The first-order valence-electron chi connectivity index (χ1n) is 3.18. The van der Waals surface area contributed by atoms with E-state index < -0.39 is 7.82 Å². The molecule has 0 unspecified atom stereocenters. The summed E-state index contributed by atoms with van der Waals surface area (Å²) in [5.74, 6) is 0. The summed E-state index contributed by atoms with van der Waals surface area (Å²) < 4.78 is 14.6. The summed E-state index contributed by atoms with van der Waals surface area (Å²) in [4.78, 5) is 19.9. The molecule has 0 fully saturated rings. The molecule has 8 heteroatoms. The number of phosphoric acid groups is 1. The van der Waals surface area contributed by atoms with E-state index in [2.05, 4.69) is 4.52 Å². The first-order valence-corrected chi connectivity index (χ1v) is 4.64. The minimum absolute atomic E-state index is 0. The molecular weight excluding hydrogens is 342 g/mol. The maximum atomic E-state index is 9.96. The van der Waals surface area contributed by atoms with Crippen molar-refractivity contribution in [2.75, 3.05) is 34.3 Å². The summed E-state index contributed by atoms with van der Waals surface area (Å²) in [6, 6.07) is 0. The quantitative estimate of drug-likeness (QED) is 0.288. The Morgan fingerprint density at radius 1 is 1.31 bits per heavy atom. The zero-order valence-corrected chi connectivity index (χ0v) is 14.1. The zero-order chi connectivity index (χ0) is 9.12. The van der Waals surface area contributed by atoms with E-state index >= 15 is 0 Å². The second-order valence-electron chi connectivity index (χ2n) is 3.29. The van der Waals surface area contributed by atoms with Crippen LogP contribution in [0.4, 0.5) is 0 Å². The first kappa shape index (κ1) is 20.4. The third-order valence-corrected chi connectivity index (χ3v) is 1.51. The summed E-state index contributed by atoms with van der Waals surface area (Å²) in [6.07, 6.45) is 0. The van der Waals surface area contributed by atoms with Crippen LogP contribution in [0.2, 0.25) is 0 Å². The Morgan fingerprint density at radius 2 is 1.69 bits per heavy atom. The van der Waals surface area contributed by atoms with E-state index in [1.165, 1.54) is 0 Å². The molecule has 0 aliphatic heterocycles. The van der Waals surface area contributed by atoms with Crippen LogP contribution >= 0.6 is 7.82 Å². The molecule has 0 spiro atoms. The van der Waals surface area contributed by atoms with E-state index in [1.54, 1.807) is 0 Å². The third-order valence-electron chi connectivity index (χ3n) is 1.01. The molecule has 0 saturated carbocycles. The van der Waals surface area contributed by atoms with Gasteiger partial charge in [0.15, 0.2) is 0 Å². The summed E-state index contributed by atoms with van der Waals surface area (Å²) in [5, 5.41) is 0. The Hall–Kier alpha value is 1.93. The minimum atomic E-state index is -4.76. The van der Waals surface area contributed by atoms with Crippen LogP contribution in [-0.4, -0.2) is 87.7 Å². The van der Waals surface area contributed by atoms with Gasteiger partial charge in [0.05, 0.1) is 29.0 Å². The van der Waals surface area contributed by atoms with Crippen molar-refractivity contribution < 1.29 is 35.8 Å². The molecule has 0 radical (unpaired) electrons. The van der Waals surface area contributed by atoms with E-state index in [1.807, 2.05) is 21.1 Å². The predicted molar refractivity (Wildman–Crippen MR) is 42.2 cm³/mol. The molecule has 0 rings (SSSR count). The standard InChI is InChI=1S/C5H14NO4P.Ba.ClH/c1-6(2,3)4-5-10-11(7,8)9;;/h4-5H2,1-3H3,(H-,7,8,9);;1H/q;+2;/p-2. The molecule has 0 atom stereocenters. The second kappa shape index (κ2) is 8.13. The average molecular weight is 355 g/mol. The van der Waals surface area contributed by atoms with Gasteiger partial charge in [0.2, 0.25) is 0 Å². The van der Waals surface area contributed by atoms with E-state index in [0.717, 1.165) is 0 Å². The maximum Gasteiger partial charge on any atom is 2.00 e. The molecule has 5 nitrogen and oxygen atoms in total. The molecular formula is C5H13BaClNO4P. The third kappa shape index (κ3) is 20.1. The van der Waals surface area contributed by atoms with E-state index in [4.69, 9.17) is 0 Å². The van der Waals surface area contributed by atoms with Gasteiger partial charge < -0.3 is 35.8 Å². The van der Waals surface area contributed by atoms with E-state index in [0.29, 0.717) is 11.0 Å². The fourth-order valence-electron chi connectivity index (χ4n) is 0.426. The number of nitrogens with zero attached hydrogens (tertiary/aromatic N) is 1. The SMILES string of the molecule is C[N+](C)(C)CCOP(=O)([O-])[O-].[Ba+2].[Cl-]. The number of phosphoric ester groups is 1. The molecule has 0 N–H and O–H groups in total. The largest absolute Gasteiger partial charge is 2.00 e. The Morgan fingerprint density at radius 3 is 1.92 bits per heavy atom. The molecule has 76 valence electrons. The minimum Gasteiger partial charge on any atom is -1.00 e. The monoisotopic (exact) mass is 355 g/mol. The van der Waals surface area contributed by atoms with Gasteiger partial charge in [0.1, 0.15) is 13.2 Å². The molecule has 13 heavy (non-hydrogen) atoms. The fraction of sp³-hybridized carbons (Fsp3) is 1.00. The fourth-order valence-corrected chi connectivity index (χ4v) is 0.732. The van der Waals surface area contributed by atoms with Crippen molar-refractivity contribution in [2.45, 2.75) is 0 Å². The van der Waals surface area contributed by atoms with Gasteiger partial charge in [-0.25, -0.2) is 0 Å². The van der Waals surface area contributed by atoms with Gasteiger partial charge >= 0.3 is 48.9 Å². The van der Waals surface area contributed by atoms with Gasteiger partial charge in [0, 0.05) is 0 Å². The number of halogens is 1. The van der Waals surface area contributed by atoms with E-state index in [9.17, 15) is 14.4 Å². The van der Waals surface area contributed by atoms with Crippen molar-refractivity contribution in [3.05, 3.63) is 0 Å². The molecule has 0 aromatic carbocycles. The Balaban J connectivity index is -0.000000500. The van der Waals surface area contributed by atoms with Gasteiger partial charge in [0.25, 0.3) is 0 Å². The van der Waals surface area contributed by atoms with Crippen molar-refractivity contribution in [1.82, 2.24) is 0 Å². The molecule has 0 aromatic rings. The Kier molecular flexibility index (Phi) is 12.7. The molecule has 0 bridgehead atoms. The van der Waals surface area contributed by atoms with Gasteiger partial charge in [-0.15, -0.1) is 0 Å². The van der Waals surface area contributed by atoms with Crippen molar-refractivity contribution in [3.63, 3.8) is 0 Å². The van der Waals surface area contributed by atoms with Crippen LogP contribution < -0.4 is 22.2 Å². The summed E-state index contributed by atoms with van der Waals surface area (Å²) in [5.41, 5.74) is 0. The molecule has 0 amide bonds. The molecule has 0 aliphatic carbocycles. The van der Waals surface area contributed by atoms with Crippen LogP contribution in [-0.2, 0) is 9.09 Å². The smallest absolute Gasteiger partial charge is 1.00 e. The number of hydrogen-bond donors (Lipinski definition) is 0. The van der Waals surface area contributed by atoms with Crippen molar-refractivity contribution in [1.29, 1.82) is 0 Å². The summed E-state index contributed by atoms with van der Waals surface area (Å²) in [6.45, 7) is 0.447. The molecule has 0 saturated heterocycles. The van der Waals surface area contributed by atoms with Crippen molar-refractivity contribution >= 4 is 56.7 Å². The normalized spacial score (nSPS) is 11.5. The number of likely N-dealkylation sites (N-methyl/N-ethyl adjacent to an activating group) is 1. The van der Waals surface area contributed by atoms with Gasteiger partial charge in [-0.2, -0.15) is 0 Å². The van der Waals surface area contributed by atoms with Crippen LogP contribution in [0.3, 0.4) is 0 Å². The predicted octanol–water partition coefficient (Wildman–Crippen LogP) is -4.84. The molecule has 0 heterocycles. The molecule has 0 aromatic heterocycles. The summed E-state index contributed by atoms with van der Waals surface area (Å²) in [7, 11) is 0.875. The second-order valence-corrected chi connectivity index (χ2v) is 4.45. The Bertz CT molecular complexity index is 168. The van der Waals surface area contributed by atoms with Crippen LogP contribution in [0.15, 0.2) is 0 Å². The van der Waals surface area contributed by atoms with E-state index in [-0.39, 0.29) is 67.9 Å². The topological polar surface area (TPSA) is 72.4 Å². The number of quaternary nitrogens is 1. The first-order chi connectivity index (χ1) is 4.71. The maximum absolute atomic E-state index is 9.96. The average Bonchev–Trinajstić information content (AvgIpc) is 1.55. The molecule has 0 aliphatic rings. The van der Waals surface area contributed by atoms with Crippen molar-refractivity contribution in [2.24, 2.45) is 0 Å². The van der Waals surface area contributed by atoms with Crippen molar-refractivity contribution in [3.8, 4) is 0 Å². The number of hydrogen-bond acceptors (Lipinski definition) is 4. The van der Waals surface area contributed by atoms with Crippen LogP contribution in [0, 0.1) is 0 Å². The van der Waals surface area contributed by atoms with Gasteiger partial charge in [-0.05, 0) is 0 Å². The summed E-state index contributed by atoms with van der Waals surface area (Å²) >= 11 is 0. The zero-order valence-electron chi connectivity index (χ0n) is 8.03. The van der Waals surface area contributed by atoms with Crippen LogP contribution in [0.5, 0.6) is 0 Å². The van der Waals surface area contributed by atoms with Crippen LogP contribution in [0.1, 0.15) is 0 Å². The Labute approximate surface area is 125 Å². The van der Waals surface area contributed by atoms with Crippen LogP contribution in [0.25, 0.3) is 0 Å².